The third kappa shape index (κ3) is 3.76. The number of rotatable bonds is 2. The number of fused-ring (bicyclic) bond motifs is 2. The maximum atomic E-state index is 13.1. The van der Waals surface area contributed by atoms with Gasteiger partial charge in [-0.3, -0.25) is 4.68 Å². The third-order valence-electron chi connectivity index (χ3n) is 6.48. The number of alkyl halides is 3. The molecule has 0 spiro atoms. The first kappa shape index (κ1) is 21.0. The smallest absolute Gasteiger partial charge is 0.433 e. The van der Waals surface area contributed by atoms with Crippen molar-refractivity contribution in [1.29, 1.82) is 0 Å². The van der Waals surface area contributed by atoms with Gasteiger partial charge >= 0.3 is 6.18 Å². The second-order valence-corrected chi connectivity index (χ2v) is 9.39. The van der Waals surface area contributed by atoms with Crippen molar-refractivity contribution in [2.24, 2.45) is 10.9 Å². The number of halogens is 3. The molecular formula is C24H25F3N4O. The van der Waals surface area contributed by atoms with Gasteiger partial charge in [0, 0.05) is 17.1 Å². The van der Waals surface area contributed by atoms with Crippen molar-refractivity contribution in [1.82, 2.24) is 14.8 Å². The predicted octanol–water partition coefficient (Wildman–Crippen LogP) is 6.54. The van der Waals surface area contributed by atoms with Crippen molar-refractivity contribution in [3.8, 4) is 0 Å². The van der Waals surface area contributed by atoms with Gasteiger partial charge in [-0.05, 0) is 69.7 Å². The number of nitrogens with zero attached hydrogens (tertiary/aromatic N) is 4. The average Bonchev–Trinajstić information content (AvgIpc) is 3.15. The molecule has 1 saturated carbocycles. The molecule has 5 nitrogen and oxygen atoms in total. The number of hydrogen-bond acceptors (Lipinski definition) is 4. The van der Waals surface area contributed by atoms with Crippen LogP contribution in [0.15, 0.2) is 41.5 Å². The molecule has 1 aliphatic carbocycles. The Kier molecular flexibility index (Phi) is 4.80. The second-order valence-electron chi connectivity index (χ2n) is 9.39. The van der Waals surface area contributed by atoms with Crippen LogP contribution < -0.4 is 0 Å². The van der Waals surface area contributed by atoms with Gasteiger partial charge in [0.1, 0.15) is 17.0 Å². The molecule has 1 aliphatic heterocycles. The number of aromatic nitrogens is 3. The molecule has 0 radical (unpaired) electrons. The van der Waals surface area contributed by atoms with Gasteiger partial charge in [0.25, 0.3) is 0 Å². The monoisotopic (exact) mass is 442 g/mol. The lowest BCUT2D eigenvalue weighted by Gasteiger charge is -2.32. The Morgan fingerprint density at radius 1 is 1.09 bits per heavy atom. The molecular weight excluding hydrogens is 417 g/mol. The van der Waals surface area contributed by atoms with E-state index in [4.69, 9.17) is 9.84 Å². The summed E-state index contributed by atoms with van der Waals surface area (Å²) in [5.74, 6) is 0.848. The largest absolute Gasteiger partial charge is 0.465 e. The van der Waals surface area contributed by atoms with Gasteiger partial charge < -0.3 is 4.74 Å². The molecule has 0 atom stereocenters. The highest BCUT2D eigenvalue weighted by atomic mass is 19.4. The zero-order valence-corrected chi connectivity index (χ0v) is 18.3. The Balaban J connectivity index is 1.55. The molecule has 3 heterocycles. The van der Waals surface area contributed by atoms with E-state index in [1.165, 1.54) is 25.0 Å². The molecule has 3 aromatic rings. The lowest BCUT2D eigenvalue weighted by Crippen LogP contribution is -2.30. The normalized spacial score (nSPS) is 22.9. The topological polar surface area (TPSA) is 52.3 Å². The second kappa shape index (κ2) is 7.32. The number of pyridine rings is 1. The maximum Gasteiger partial charge on any atom is 0.433 e. The molecule has 1 aromatic carbocycles. The third-order valence-corrected chi connectivity index (χ3v) is 6.48. The van der Waals surface area contributed by atoms with Crippen LogP contribution in [0.25, 0.3) is 10.9 Å². The summed E-state index contributed by atoms with van der Waals surface area (Å²) in [5.41, 5.74) is 0.688. The van der Waals surface area contributed by atoms with Gasteiger partial charge in [-0.1, -0.05) is 13.0 Å². The molecule has 0 saturated heterocycles. The fourth-order valence-electron chi connectivity index (χ4n) is 4.60. The highest BCUT2D eigenvalue weighted by Crippen LogP contribution is 2.41. The Morgan fingerprint density at radius 3 is 2.56 bits per heavy atom. The summed E-state index contributed by atoms with van der Waals surface area (Å²) in [6, 6.07) is 8.06. The van der Waals surface area contributed by atoms with Crippen LogP contribution in [0.1, 0.15) is 69.4 Å². The van der Waals surface area contributed by atoms with Crippen molar-refractivity contribution < 1.29 is 17.9 Å². The summed E-state index contributed by atoms with van der Waals surface area (Å²) < 4.78 is 47.5. The number of ether oxygens (including phenoxy) is 1. The molecule has 32 heavy (non-hydrogen) atoms. The van der Waals surface area contributed by atoms with E-state index in [2.05, 4.69) is 27.8 Å². The fraction of sp³-hybridized carbons (Fsp3) is 0.458. The van der Waals surface area contributed by atoms with Crippen molar-refractivity contribution >= 4 is 22.5 Å². The van der Waals surface area contributed by atoms with Crippen LogP contribution in [-0.2, 0) is 16.5 Å². The van der Waals surface area contributed by atoms with E-state index in [-0.39, 0.29) is 11.6 Å². The van der Waals surface area contributed by atoms with E-state index >= 15 is 0 Å². The van der Waals surface area contributed by atoms with Gasteiger partial charge in [0.15, 0.2) is 0 Å². The van der Waals surface area contributed by atoms with Gasteiger partial charge in [-0.15, -0.1) is 0 Å². The van der Waals surface area contributed by atoms with Crippen LogP contribution in [0.5, 0.6) is 0 Å². The summed E-state index contributed by atoms with van der Waals surface area (Å²) in [6.45, 7) is 6.04. The highest BCUT2D eigenvalue weighted by Gasteiger charge is 2.36. The molecule has 2 aromatic heterocycles. The molecule has 0 amide bonds. The van der Waals surface area contributed by atoms with E-state index in [0.717, 1.165) is 41.3 Å². The van der Waals surface area contributed by atoms with E-state index < -0.39 is 17.5 Å². The SMILES string of the molecule is CC1CCC(n2cc3cc4c(cc3n2)C(C)(C)OC(c2cccc(C(F)(F)F)n2)=N4)CC1. The van der Waals surface area contributed by atoms with Crippen molar-refractivity contribution in [2.45, 2.75) is 64.3 Å². The van der Waals surface area contributed by atoms with Crippen LogP contribution in [0.4, 0.5) is 18.9 Å². The molecule has 2 aliphatic rings. The lowest BCUT2D eigenvalue weighted by atomic mass is 9.87. The minimum Gasteiger partial charge on any atom is -0.465 e. The van der Waals surface area contributed by atoms with Gasteiger partial charge in [-0.2, -0.15) is 18.3 Å². The summed E-state index contributed by atoms with van der Waals surface area (Å²) in [5, 5.41) is 5.78. The zero-order valence-electron chi connectivity index (χ0n) is 18.3. The van der Waals surface area contributed by atoms with Gasteiger partial charge in [-0.25, -0.2) is 9.98 Å². The van der Waals surface area contributed by atoms with E-state index in [9.17, 15) is 13.2 Å². The molecule has 5 rings (SSSR count). The lowest BCUT2D eigenvalue weighted by molar-refractivity contribution is -0.141. The van der Waals surface area contributed by atoms with Crippen LogP contribution in [0, 0.1) is 5.92 Å². The Bertz CT molecular complexity index is 1200. The fourth-order valence-corrected chi connectivity index (χ4v) is 4.60. The minimum absolute atomic E-state index is 0.0608. The average molecular weight is 442 g/mol. The first-order valence-corrected chi connectivity index (χ1v) is 11.0. The predicted molar refractivity (Wildman–Crippen MR) is 116 cm³/mol. The maximum absolute atomic E-state index is 13.1. The van der Waals surface area contributed by atoms with Crippen LogP contribution in [0.2, 0.25) is 0 Å². The highest BCUT2D eigenvalue weighted by molar-refractivity contribution is 5.97. The van der Waals surface area contributed by atoms with E-state index in [1.807, 2.05) is 26.0 Å². The van der Waals surface area contributed by atoms with Gasteiger partial charge in [0.05, 0.1) is 17.2 Å². The first-order valence-electron chi connectivity index (χ1n) is 11.0. The van der Waals surface area contributed by atoms with E-state index in [1.54, 1.807) is 0 Å². The Labute approximate surface area is 184 Å². The molecule has 0 bridgehead atoms. The van der Waals surface area contributed by atoms with Crippen LogP contribution in [0.3, 0.4) is 0 Å². The van der Waals surface area contributed by atoms with Crippen molar-refractivity contribution in [3.63, 3.8) is 0 Å². The molecule has 0 N–H and O–H groups in total. The summed E-state index contributed by atoms with van der Waals surface area (Å²) in [7, 11) is 0. The van der Waals surface area contributed by atoms with Crippen LogP contribution >= 0.6 is 0 Å². The van der Waals surface area contributed by atoms with Gasteiger partial charge in [0.2, 0.25) is 5.90 Å². The molecule has 8 heteroatoms. The zero-order chi connectivity index (χ0) is 22.7. The summed E-state index contributed by atoms with van der Waals surface area (Å²) in [4.78, 5) is 8.29. The Hall–Kier alpha value is -2.90. The minimum atomic E-state index is -4.53. The number of benzene rings is 1. The van der Waals surface area contributed by atoms with E-state index in [0.29, 0.717) is 11.7 Å². The molecule has 168 valence electrons. The molecule has 1 fully saturated rings. The summed E-state index contributed by atoms with van der Waals surface area (Å²) >= 11 is 0. The standard InChI is InChI=1S/C24H25F3N4O/c1-14-7-9-16(10-8-14)31-13-15-11-20-17(12-19(15)30-31)23(2,3)32-22(29-20)18-5-4-6-21(28-18)24(25,26)27/h4-6,11-14,16H,7-10H2,1-3H3. The number of aliphatic imine (C=N–C) groups is 1. The Morgan fingerprint density at radius 2 is 1.84 bits per heavy atom. The molecule has 0 unspecified atom stereocenters. The number of hydrogen-bond donors (Lipinski definition) is 0. The first-order chi connectivity index (χ1) is 15.1. The van der Waals surface area contributed by atoms with Crippen molar-refractivity contribution in [3.05, 3.63) is 53.5 Å². The van der Waals surface area contributed by atoms with Crippen LogP contribution in [-0.4, -0.2) is 20.7 Å². The van der Waals surface area contributed by atoms with Crippen molar-refractivity contribution in [2.75, 3.05) is 0 Å². The quantitative estimate of drug-likeness (QED) is 0.452. The summed E-state index contributed by atoms with van der Waals surface area (Å²) in [6.07, 6.45) is 2.17.